The Morgan fingerprint density at radius 3 is 2.73 bits per heavy atom. The highest BCUT2D eigenvalue weighted by molar-refractivity contribution is 6.39. The van der Waals surface area contributed by atoms with Crippen LogP contribution < -0.4 is 5.32 Å². The number of nitrogens with one attached hydrogen (secondary N) is 1. The molecule has 0 fully saturated rings. The molecule has 1 aromatic rings. The van der Waals surface area contributed by atoms with E-state index in [4.69, 9.17) is 5.11 Å². The van der Waals surface area contributed by atoms with E-state index in [-0.39, 0.29) is 43.4 Å². The number of amides is 2. The maximum atomic E-state index is 12.9. The molecule has 0 bridgehead atoms. The summed E-state index contributed by atoms with van der Waals surface area (Å²) in [6.45, 7) is 1.88. The molecule has 0 spiro atoms. The van der Waals surface area contributed by atoms with Gasteiger partial charge in [0.05, 0.1) is 12.6 Å². The molecule has 7 heteroatoms. The topological polar surface area (TPSA) is 82.0 Å². The number of carbonyl (C=O) groups excluding carboxylic acids is 2. The van der Waals surface area contributed by atoms with Crippen molar-refractivity contribution in [2.45, 2.75) is 32.4 Å². The predicted octanol–water partition coefficient (Wildman–Crippen LogP) is 0.801. The van der Waals surface area contributed by atoms with Gasteiger partial charge >= 0.3 is 0 Å². The van der Waals surface area contributed by atoms with Crippen LogP contribution in [0.2, 0.25) is 0 Å². The summed E-state index contributed by atoms with van der Waals surface area (Å²) in [6.07, 6.45) is -0.183. The number of halogens is 1. The van der Waals surface area contributed by atoms with Crippen LogP contribution in [-0.4, -0.2) is 40.3 Å². The Hall–Kier alpha value is -2.28. The van der Waals surface area contributed by atoms with Gasteiger partial charge in [-0.3, -0.25) is 9.59 Å². The molecule has 6 nitrogen and oxygen atoms in total. The van der Waals surface area contributed by atoms with Crippen LogP contribution in [0.4, 0.5) is 4.39 Å². The number of aliphatic hydroxyl groups is 1. The number of rotatable bonds is 5. The highest BCUT2D eigenvalue weighted by Crippen LogP contribution is 2.14. The van der Waals surface area contributed by atoms with Gasteiger partial charge in [-0.25, -0.2) is 9.40 Å². The van der Waals surface area contributed by atoms with Crippen molar-refractivity contribution in [2.24, 2.45) is 5.10 Å². The minimum atomic E-state index is -0.648. The quantitative estimate of drug-likeness (QED) is 0.844. The third kappa shape index (κ3) is 4.36. The summed E-state index contributed by atoms with van der Waals surface area (Å²) in [7, 11) is 0. The van der Waals surface area contributed by atoms with E-state index in [0.717, 1.165) is 5.56 Å². The van der Waals surface area contributed by atoms with Crippen LogP contribution in [0.5, 0.6) is 0 Å². The molecule has 22 heavy (non-hydrogen) atoms. The molecule has 2 rings (SSSR count). The second kappa shape index (κ2) is 7.13. The Kier molecular flexibility index (Phi) is 5.21. The van der Waals surface area contributed by atoms with E-state index in [0.29, 0.717) is 0 Å². The fourth-order valence-electron chi connectivity index (χ4n) is 1.99. The van der Waals surface area contributed by atoms with Crippen molar-refractivity contribution in [1.29, 1.82) is 0 Å². The summed E-state index contributed by atoms with van der Waals surface area (Å²) >= 11 is 0. The second-order valence-corrected chi connectivity index (χ2v) is 5.18. The first kappa shape index (κ1) is 16.1. The monoisotopic (exact) mass is 307 g/mol. The molecule has 118 valence electrons. The Morgan fingerprint density at radius 1 is 1.41 bits per heavy atom. The van der Waals surface area contributed by atoms with E-state index in [1.165, 1.54) is 17.1 Å². The van der Waals surface area contributed by atoms with Gasteiger partial charge in [0.2, 0.25) is 5.91 Å². The van der Waals surface area contributed by atoms with E-state index >= 15 is 0 Å². The summed E-state index contributed by atoms with van der Waals surface area (Å²) < 4.78 is 12.9. The second-order valence-electron chi connectivity index (χ2n) is 5.18. The number of aliphatic hydroxyl groups excluding tert-OH is 1. The molecule has 0 radical (unpaired) electrons. The van der Waals surface area contributed by atoms with Gasteiger partial charge in [0.25, 0.3) is 5.91 Å². The van der Waals surface area contributed by atoms with Crippen molar-refractivity contribution >= 4 is 17.5 Å². The number of hydrogen-bond donors (Lipinski definition) is 2. The Labute approximate surface area is 127 Å². The van der Waals surface area contributed by atoms with Crippen LogP contribution in [0.25, 0.3) is 0 Å². The highest BCUT2D eigenvalue weighted by atomic mass is 19.1. The van der Waals surface area contributed by atoms with Crippen molar-refractivity contribution in [3.63, 3.8) is 0 Å². The third-order valence-corrected chi connectivity index (χ3v) is 3.17. The molecule has 2 N–H and O–H groups in total. The standard InChI is InChI=1S/C15H18FN3O3/c1-10(20)8-17-15(22)13-6-7-14(21)19(18-13)9-11-2-4-12(16)5-3-11/h2-5,10,20H,6-9H2,1H3,(H,17,22)/t10-/m0/s1. The Bertz CT molecular complexity index is 584. The molecule has 1 aromatic carbocycles. The number of benzene rings is 1. The zero-order valence-corrected chi connectivity index (χ0v) is 12.3. The van der Waals surface area contributed by atoms with Crippen molar-refractivity contribution in [3.05, 3.63) is 35.6 Å². The largest absolute Gasteiger partial charge is 0.392 e. The normalized spacial score (nSPS) is 16.2. The Balaban J connectivity index is 2.05. The first-order valence-corrected chi connectivity index (χ1v) is 7.04. The van der Waals surface area contributed by atoms with Crippen molar-refractivity contribution < 1.29 is 19.1 Å². The van der Waals surface area contributed by atoms with Crippen LogP contribution in [0.15, 0.2) is 29.4 Å². The minimum Gasteiger partial charge on any atom is -0.392 e. The maximum absolute atomic E-state index is 12.9. The van der Waals surface area contributed by atoms with Crippen LogP contribution in [-0.2, 0) is 16.1 Å². The SMILES string of the molecule is C[C@H](O)CNC(=O)C1=NN(Cc2ccc(F)cc2)C(=O)CC1. The lowest BCUT2D eigenvalue weighted by atomic mass is 10.1. The first-order chi connectivity index (χ1) is 10.5. The molecule has 1 atom stereocenters. The molecule has 1 aliphatic rings. The summed E-state index contributed by atoms with van der Waals surface area (Å²) in [4.78, 5) is 23.8. The van der Waals surface area contributed by atoms with Gasteiger partial charge < -0.3 is 10.4 Å². The lowest BCUT2D eigenvalue weighted by Crippen LogP contribution is -2.40. The van der Waals surface area contributed by atoms with E-state index in [1.807, 2.05) is 0 Å². The van der Waals surface area contributed by atoms with Gasteiger partial charge in [-0.1, -0.05) is 12.1 Å². The summed E-state index contributed by atoms with van der Waals surface area (Å²) in [5, 5.41) is 17.0. The van der Waals surface area contributed by atoms with Crippen LogP contribution >= 0.6 is 0 Å². The average Bonchev–Trinajstić information content (AvgIpc) is 2.49. The van der Waals surface area contributed by atoms with Crippen molar-refractivity contribution in [3.8, 4) is 0 Å². The van der Waals surface area contributed by atoms with Crippen LogP contribution in [0.1, 0.15) is 25.3 Å². The maximum Gasteiger partial charge on any atom is 0.267 e. The van der Waals surface area contributed by atoms with Gasteiger partial charge in [-0.2, -0.15) is 5.10 Å². The highest BCUT2D eigenvalue weighted by Gasteiger charge is 2.24. The number of carbonyl (C=O) groups is 2. The van der Waals surface area contributed by atoms with E-state index in [9.17, 15) is 14.0 Å². The minimum absolute atomic E-state index is 0.129. The summed E-state index contributed by atoms with van der Waals surface area (Å²) in [5.74, 6) is -0.927. The fourth-order valence-corrected chi connectivity index (χ4v) is 1.99. The fraction of sp³-hybridized carbons (Fsp3) is 0.400. The zero-order valence-electron chi connectivity index (χ0n) is 12.3. The molecule has 0 aliphatic carbocycles. The summed E-state index contributed by atoms with van der Waals surface area (Å²) in [5.41, 5.74) is 0.978. The molecular weight excluding hydrogens is 289 g/mol. The Morgan fingerprint density at radius 2 is 2.09 bits per heavy atom. The van der Waals surface area contributed by atoms with Gasteiger partial charge in [0.15, 0.2) is 0 Å². The zero-order chi connectivity index (χ0) is 16.1. The van der Waals surface area contributed by atoms with E-state index in [1.54, 1.807) is 19.1 Å². The van der Waals surface area contributed by atoms with Gasteiger partial charge in [-0.05, 0) is 24.6 Å². The smallest absolute Gasteiger partial charge is 0.267 e. The van der Waals surface area contributed by atoms with Gasteiger partial charge in [-0.15, -0.1) is 0 Å². The molecule has 1 heterocycles. The van der Waals surface area contributed by atoms with Crippen LogP contribution in [0, 0.1) is 5.82 Å². The van der Waals surface area contributed by atoms with Gasteiger partial charge in [0, 0.05) is 19.4 Å². The number of nitrogens with zero attached hydrogens (tertiary/aromatic N) is 2. The van der Waals surface area contributed by atoms with Crippen molar-refractivity contribution in [2.75, 3.05) is 6.54 Å². The van der Waals surface area contributed by atoms with Crippen LogP contribution in [0.3, 0.4) is 0 Å². The number of hydrazone groups is 1. The molecule has 0 saturated heterocycles. The predicted molar refractivity (Wildman–Crippen MR) is 78.3 cm³/mol. The molecule has 1 aliphatic heterocycles. The molecule has 2 amide bonds. The molecule has 0 unspecified atom stereocenters. The molecule has 0 saturated carbocycles. The average molecular weight is 307 g/mol. The molecule has 0 aromatic heterocycles. The van der Waals surface area contributed by atoms with E-state index < -0.39 is 12.0 Å². The van der Waals surface area contributed by atoms with E-state index in [2.05, 4.69) is 10.4 Å². The molecular formula is C15H18FN3O3. The lowest BCUT2D eigenvalue weighted by Gasteiger charge is -2.23. The first-order valence-electron chi connectivity index (χ1n) is 7.04. The van der Waals surface area contributed by atoms with Gasteiger partial charge in [0.1, 0.15) is 11.5 Å². The van der Waals surface area contributed by atoms with Crippen molar-refractivity contribution in [1.82, 2.24) is 10.3 Å². The lowest BCUT2D eigenvalue weighted by molar-refractivity contribution is -0.132. The number of hydrogen-bond acceptors (Lipinski definition) is 4. The summed E-state index contributed by atoms with van der Waals surface area (Å²) in [6, 6.07) is 5.76. The third-order valence-electron chi connectivity index (χ3n) is 3.17.